The van der Waals surface area contributed by atoms with Crippen LogP contribution >= 0.6 is 0 Å². The van der Waals surface area contributed by atoms with Crippen LogP contribution in [0, 0.1) is 11.8 Å². The first-order valence-corrected chi connectivity index (χ1v) is 13.0. The Morgan fingerprint density at radius 1 is 0.737 bits per heavy atom. The van der Waals surface area contributed by atoms with E-state index in [1.807, 2.05) is 88.4 Å². The Morgan fingerprint density at radius 2 is 1.21 bits per heavy atom. The van der Waals surface area contributed by atoms with Crippen LogP contribution in [0.5, 0.6) is 0 Å². The summed E-state index contributed by atoms with van der Waals surface area (Å²) in [5.41, 5.74) is 1.64. The SMILES string of the molecule is CC(C)CC(NC(=O)OCc1ccccc1)C(=O)NC(CC(C)C)C(=O)NC(Cc1ccccc1)B(O)O. The first kappa shape index (κ1) is 30.9. The summed E-state index contributed by atoms with van der Waals surface area (Å²) in [6.07, 6.45) is 0.140. The fourth-order valence-electron chi connectivity index (χ4n) is 3.97. The minimum atomic E-state index is -1.79. The highest BCUT2D eigenvalue weighted by Crippen LogP contribution is 2.11. The summed E-state index contributed by atoms with van der Waals surface area (Å²) in [6, 6.07) is 16.5. The van der Waals surface area contributed by atoms with E-state index in [-0.39, 0.29) is 24.9 Å². The molecule has 0 aliphatic rings. The van der Waals surface area contributed by atoms with E-state index in [0.29, 0.717) is 12.8 Å². The summed E-state index contributed by atoms with van der Waals surface area (Å²) in [5.74, 6) is -1.87. The lowest BCUT2D eigenvalue weighted by molar-refractivity contribution is -0.130. The molecule has 0 aromatic heterocycles. The van der Waals surface area contributed by atoms with Gasteiger partial charge in [-0.25, -0.2) is 4.79 Å². The standard InChI is InChI=1S/C28H40BN3O6/c1-19(2)15-23(27(34)32-25(29(36)37)17-21-11-7-5-8-12-21)30-26(33)24(16-20(3)4)31-28(35)38-18-22-13-9-6-10-14-22/h5-14,19-20,23-25,36-37H,15-18H2,1-4H3,(H,30,33)(H,31,35)(H,32,34). The lowest BCUT2D eigenvalue weighted by atomic mass is 9.75. The van der Waals surface area contributed by atoms with Crippen molar-refractivity contribution in [2.75, 3.05) is 0 Å². The maximum atomic E-state index is 13.2. The van der Waals surface area contributed by atoms with Gasteiger partial charge < -0.3 is 30.7 Å². The second kappa shape index (κ2) is 15.8. The highest BCUT2D eigenvalue weighted by Gasteiger charge is 2.32. The summed E-state index contributed by atoms with van der Waals surface area (Å²) in [7, 11) is -1.79. The first-order chi connectivity index (χ1) is 18.0. The number of rotatable bonds is 14. The Hall–Kier alpha value is -3.37. The Labute approximate surface area is 225 Å². The molecule has 206 valence electrons. The molecule has 0 spiro atoms. The quantitative estimate of drug-likeness (QED) is 0.241. The van der Waals surface area contributed by atoms with Gasteiger partial charge in [-0.05, 0) is 42.2 Å². The number of carbonyl (C=O) groups excluding carboxylic acids is 3. The molecule has 38 heavy (non-hydrogen) atoms. The third-order valence-electron chi connectivity index (χ3n) is 5.85. The van der Waals surface area contributed by atoms with Gasteiger partial charge in [0.15, 0.2) is 0 Å². The van der Waals surface area contributed by atoms with Crippen LogP contribution in [-0.4, -0.2) is 53.1 Å². The molecule has 0 aliphatic heterocycles. The average molecular weight is 525 g/mol. The second-order valence-electron chi connectivity index (χ2n) is 10.3. The summed E-state index contributed by atoms with van der Waals surface area (Å²) in [5, 5.41) is 27.8. The molecule has 0 radical (unpaired) electrons. The zero-order chi connectivity index (χ0) is 28.1. The number of hydrogen-bond acceptors (Lipinski definition) is 6. The lowest BCUT2D eigenvalue weighted by Crippen LogP contribution is -2.57. The van der Waals surface area contributed by atoms with Gasteiger partial charge in [0.05, 0.1) is 5.94 Å². The van der Waals surface area contributed by atoms with E-state index >= 15 is 0 Å². The lowest BCUT2D eigenvalue weighted by Gasteiger charge is -2.27. The molecule has 3 amide bonds. The zero-order valence-corrected chi connectivity index (χ0v) is 22.6. The minimum absolute atomic E-state index is 0.0602. The normalized spacial score (nSPS) is 13.4. The number of ether oxygens (including phenoxy) is 1. The second-order valence-corrected chi connectivity index (χ2v) is 10.3. The fraction of sp³-hybridized carbons (Fsp3) is 0.464. The van der Waals surface area contributed by atoms with Crippen LogP contribution in [0.25, 0.3) is 0 Å². The van der Waals surface area contributed by atoms with Crippen molar-refractivity contribution in [2.24, 2.45) is 11.8 Å². The maximum Gasteiger partial charge on any atom is 0.475 e. The molecule has 10 heteroatoms. The molecule has 0 saturated heterocycles. The van der Waals surface area contributed by atoms with Gasteiger partial charge in [-0.15, -0.1) is 0 Å². The van der Waals surface area contributed by atoms with Gasteiger partial charge in [-0.2, -0.15) is 0 Å². The van der Waals surface area contributed by atoms with Gasteiger partial charge in [0.25, 0.3) is 0 Å². The van der Waals surface area contributed by atoms with Gasteiger partial charge in [-0.1, -0.05) is 88.4 Å². The summed E-state index contributed by atoms with van der Waals surface area (Å²) < 4.78 is 5.28. The van der Waals surface area contributed by atoms with Crippen LogP contribution < -0.4 is 16.0 Å². The van der Waals surface area contributed by atoms with Crippen molar-refractivity contribution < 1.29 is 29.2 Å². The van der Waals surface area contributed by atoms with Crippen LogP contribution in [0.4, 0.5) is 4.79 Å². The van der Waals surface area contributed by atoms with Crippen molar-refractivity contribution >= 4 is 25.0 Å². The predicted octanol–water partition coefficient (Wildman–Crippen LogP) is 2.60. The van der Waals surface area contributed by atoms with Gasteiger partial charge >= 0.3 is 13.2 Å². The third-order valence-corrected chi connectivity index (χ3v) is 5.85. The van der Waals surface area contributed by atoms with Crippen molar-refractivity contribution in [1.82, 2.24) is 16.0 Å². The minimum Gasteiger partial charge on any atom is -0.445 e. The number of carbonyl (C=O) groups is 3. The van der Waals surface area contributed by atoms with Crippen LogP contribution in [0.3, 0.4) is 0 Å². The topological polar surface area (TPSA) is 137 Å². The number of nitrogens with one attached hydrogen (secondary N) is 3. The molecule has 0 fully saturated rings. The molecular formula is C28H40BN3O6. The number of benzene rings is 2. The molecule has 3 atom stereocenters. The van der Waals surface area contributed by atoms with E-state index in [9.17, 15) is 24.4 Å². The molecule has 2 rings (SSSR count). The molecule has 2 aromatic rings. The fourth-order valence-corrected chi connectivity index (χ4v) is 3.97. The van der Waals surface area contributed by atoms with Gasteiger partial charge in [0.1, 0.15) is 18.7 Å². The molecule has 0 heterocycles. The third kappa shape index (κ3) is 11.4. The van der Waals surface area contributed by atoms with Crippen molar-refractivity contribution in [3.63, 3.8) is 0 Å². The van der Waals surface area contributed by atoms with E-state index in [0.717, 1.165) is 11.1 Å². The van der Waals surface area contributed by atoms with Crippen molar-refractivity contribution in [2.45, 2.75) is 71.6 Å². The Bertz CT molecular complexity index is 1000. The van der Waals surface area contributed by atoms with Gasteiger partial charge in [0.2, 0.25) is 11.8 Å². The van der Waals surface area contributed by atoms with Gasteiger partial charge in [-0.3, -0.25) is 9.59 Å². The predicted molar refractivity (Wildman–Crippen MR) is 147 cm³/mol. The van der Waals surface area contributed by atoms with E-state index in [1.54, 1.807) is 0 Å². The smallest absolute Gasteiger partial charge is 0.445 e. The van der Waals surface area contributed by atoms with E-state index < -0.39 is 43.1 Å². The molecule has 0 aliphatic carbocycles. The van der Waals surface area contributed by atoms with Crippen molar-refractivity contribution in [3.8, 4) is 0 Å². The van der Waals surface area contributed by atoms with E-state index in [2.05, 4.69) is 16.0 Å². The van der Waals surface area contributed by atoms with Crippen molar-refractivity contribution in [1.29, 1.82) is 0 Å². The molecular weight excluding hydrogens is 485 g/mol. The average Bonchev–Trinajstić information content (AvgIpc) is 2.86. The Kier molecular flexibility index (Phi) is 12.8. The summed E-state index contributed by atoms with van der Waals surface area (Å²) >= 11 is 0. The van der Waals surface area contributed by atoms with Crippen LogP contribution in [0.1, 0.15) is 51.7 Å². The highest BCUT2D eigenvalue weighted by molar-refractivity contribution is 6.43. The number of hydrogen-bond donors (Lipinski definition) is 5. The largest absolute Gasteiger partial charge is 0.475 e. The van der Waals surface area contributed by atoms with Gasteiger partial charge in [0, 0.05) is 0 Å². The van der Waals surface area contributed by atoms with Crippen LogP contribution in [0.2, 0.25) is 0 Å². The number of alkyl carbamates (subject to hydrolysis) is 1. The van der Waals surface area contributed by atoms with Crippen LogP contribution in [0.15, 0.2) is 60.7 Å². The molecule has 2 aromatic carbocycles. The van der Waals surface area contributed by atoms with Crippen molar-refractivity contribution in [3.05, 3.63) is 71.8 Å². The molecule has 5 N–H and O–H groups in total. The van der Waals surface area contributed by atoms with E-state index in [4.69, 9.17) is 4.74 Å². The number of amides is 3. The Morgan fingerprint density at radius 3 is 1.71 bits per heavy atom. The summed E-state index contributed by atoms with van der Waals surface area (Å²) in [4.78, 5) is 38.9. The molecule has 9 nitrogen and oxygen atoms in total. The highest BCUT2D eigenvalue weighted by atomic mass is 16.5. The molecule has 0 bridgehead atoms. The maximum absolute atomic E-state index is 13.2. The van der Waals surface area contributed by atoms with E-state index in [1.165, 1.54) is 0 Å². The van der Waals surface area contributed by atoms with Crippen LogP contribution in [-0.2, 0) is 27.4 Å². The first-order valence-electron chi connectivity index (χ1n) is 13.0. The summed E-state index contributed by atoms with van der Waals surface area (Å²) in [6.45, 7) is 7.74. The molecule has 0 saturated carbocycles. The Balaban J connectivity index is 2.07. The molecule has 3 unspecified atom stereocenters. The monoisotopic (exact) mass is 525 g/mol. The zero-order valence-electron chi connectivity index (χ0n) is 22.6.